The van der Waals surface area contributed by atoms with Crippen molar-refractivity contribution in [3.05, 3.63) is 30.1 Å². The molecule has 0 saturated carbocycles. The predicted octanol–water partition coefficient (Wildman–Crippen LogP) is 2.41. The van der Waals surface area contributed by atoms with Gasteiger partial charge in [0.2, 0.25) is 0 Å². The lowest BCUT2D eigenvalue weighted by Gasteiger charge is -2.15. The third-order valence-electron chi connectivity index (χ3n) is 4.22. The van der Waals surface area contributed by atoms with Gasteiger partial charge in [-0.15, -0.1) is 0 Å². The van der Waals surface area contributed by atoms with Crippen LogP contribution in [0.2, 0.25) is 0 Å². The van der Waals surface area contributed by atoms with Crippen LogP contribution in [-0.2, 0) is 6.54 Å². The standard InChI is InChI=1S/C17H25N5S/c1-13-21-15-7-3-4-8-16(15)22(13)10-9-19-17(18-2)20-12-14-6-5-11-23-14/h3-4,7-8,14H,5-6,9-12H2,1-2H3,(H2,18,19,20). The van der Waals surface area contributed by atoms with Gasteiger partial charge in [-0.3, -0.25) is 4.99 Å². The molecule has 2 aromatic rings. The minimum atomic E-state index is 0.730. The second kappa shape index (κ2) is 7.73. The molecule has 1 unspecified atom stereocenters. The lowest BCUT2D eigenvalue weighted by atomic mass is 10.2. The van der Waals surface area contributed by atoms with Gasteiger partial charge in [0.05, 0.1) is 11.0 Å². The molecule has 3 rings (SSSR count). The number of rotatable bonds is 5. The Labute approximate surface area is 142 Å². The molecule has 0 aliphatic carbocycles. The Morgan fingerprint density at radius 2 is 2.26 bits per heavy atom. The van der Waals surface area contributed by atoms with E-state index in [4.69, 9.17) is 0 Å². The number of para-hydroxylation sites is 2. The van der Waals surface area contributed by atoms with E-state index in [2.05, 4.69) is 62.1 Å². The maximum atomic E-state index is 4.61. The summed E-state index contributed by atoms with van der Waals surface area (Å²) < 4.78 is 2.25. The highest BCUT2D eigenvalue weighted by Crippen LogP contribution is 2.25. The maximum Gasteiger partial charge on any atom is 0.191 e. The predicted molar refractivity (Wildman–Crippen MR) is 99.3 cm³/mol. The van der Waals surface area contributed by atoms with Crippen LogP contribution in [0.25, 0.3) is 11.0 Å². The zero-order valence-corrected chi connectivity index (χ0v) is 14.7. The monoisotopic (exact) mass is 331 g/mol. The number of imidazole rings is 1. The smallest absolute Gasteiger partial charge is 0.191 e. The second-order valence-electron chi connectivity index (χ2n) is 5.81. The van der Waals surface area contributed by atoms with Crippen LogP contribution in [0.1, 0.15) is 18.7 Å². The van der Waals surface area contributed by atoms with Gasteiger partial charge in [0, 0.05) is 31.9 Å². The average molecular weight is 331 g/mol. The molecule has 1 fully saturated rings. The molecule has 0 bridgehead atoms. The van der Waals surface area contributed by atoms with Crippen LogP contribution >= 0.6 is 11.8 Å². The Morgan fingerprint density at radius 3 is 3.04 bits per heavy atom. The van der Waals surface area contributed by atoms with Crippen molar-refractivity contribution >= 4 is 28.8 Å². The zero-order chi connectivity index (χ0) is 16.1. The summed E-state index contributed by atoms with van der Waals surface area (Å²) in [6.45, 7) is 4.77. The highest BCUT2D eigenvalue weighted by Gasteiger charge is 2.15. The number of nitrogens with one attached hydrogen (secondary N) is 2. The van der Waals surface area contributed by atoms with Crippen molar-refractivity contribution in [1.82, 2.24) is 20.2 Å². The molecule has 1 aromatic heterocycles. The van der Waals surface area contributed by atoms with E-state index in [1.54, 1.807) is 0 Å². The quantitative estimate of drug-likeness (QED) is 0.652. The van der Waals surface area contributed by atoms with Crippen molar-refractivity contribution in [3.8, 4) is 0 Å². The fourth-order valence-corrected chi connectivity index (χ4v) is 4.20. The minimum Gasteiger partial charge on any atom is -0.355 e. The maximum absolute atomic E-state index is 4.61. The highest BCUT2D eigenvalue weighted by atomic mass is 32.2. The molecule has 1 aliphatic heterocycles. The van der Waals surface area contributed by atoms with Gasteiger partial charge in [0.1, 0.15) is 5.82 Å². The van der Waals surface area contributed by atoms with E-state index in [1.165, 1.54) is 24.1 Å². The van der Waals surface area contributed by atoms with Gasteiger partial charge in [0.15, 0.2) is 5.96 Å². The van der Waals surface area contributed by atoms with Gasteiger partial charge < -0.3 is 15.2 Å². The van der Waals surface area contributed by atoms with Crippen molar-refractivity contribution in [2.24, 2.45) is 4.99 Å². The van der Waals surface area contributed by atoms with E-state index in [9.17, 15) is 0 Å². The number of aromatic nitrogens is 2. The molecule has 0 radical (unpaired) electrons. The summed E-state index contributed by atoms with van der Waals surface area (Å²) in [6.07, 6.45) is 2.66. The molecule has 1 atom stereocenters. The fourth-order valence-electron chi connectivity index (χ4n) is 3.00. The SMILES string of the molecule is CN=C(NCCn1c(C)nc2ccccc21)NCC1CCCS1. The first-order valence-electron chi connectivity index (χ1n) is 8.26. The third kappa shape index (κ3) is 3.99. The largest absolute Gasteiger partial charge is 0.355 e. The van der Waals surface area contributed by atoms with Gasteiger partial charge in [-0.25, -0.2) is 4.98 Å². The molecular weight excluding hydrogens is 306 g/mol. The van der Waals surface area contributed by atoms with Crippen LogP contribution < -0.4 is 10.6 Å². The van der Waals surface area contributed by atoms with Crippen LogP contribution in [0, 0.1) is 6.92 Å². The molecule has 1 aromatic carbocycles. The summed E-state index contributed by atoms with van der Waals surface area (Å²) in [5.41, 5.74) is 2.25. The van der Waals surface area contributed by atoms with Crippen molar-refractivity contribution < 1.29 is 0 Å². The third-order valence-corrected chi connectivity index (χ3v) is 5.62. The van der Waals surface area contributed by atoms with Crippen LogP contribution in [0.15, 0.2) is 29.3 Å². The lowest BCUT2D eigenvalue weighted by molar-refractivity contribution is 0.655. The summed E-state index contributed by atoms with van der Waals surface area (Å²) in [5, 5.41) is 7.57. The number of aliphatic imine (C=N–C) groups is 1. The molecule has 2 N–H and O–H groups in total. The van der Waals surface area contributed by atoms with Gasteiger partial charge in [0.25, 0.3) is 0 Å². The van der Waals surface area contributed by atoms with Crippen LogP contribution in [0.5, 0.6) is 0 Å². The number of benzene rings is 1. The number of hydrogen-bond acceptors (Lipinski definition) is 3. The lowest BCUT2D eigenvalue weighted by Crippen LogP contribution is -2.41. The summed E-state index contributed by atoms with van der Waals surface area (Å²) in [5.74, 6) is 3.24. The molecule has 1 aliphatic rings. The van der Waals surface area contributed by atoms with Gasteiger partial charge in [-0.05, 0) is 37.7 Å². The Kier molecular flexibility index (Phi) is 5.43. The first kappa shape index (κ1) is 16.2. The number of hydrogen-bond donors (Lipinski definition) is 2. The molecule has 0 amide bonds. The molecule has 124 valence electrons. The molecule has 1 saturated heterocycles. The van der Waals surface area contributed by atoms with Crippen molar-refractivity contribution in [1.29, 1.82) is 0 Å². The number of thioether (sulfide) groups is 1. The summed E-state index contributed by atoms with van der Waals surface area (Å²) in [7, 11) is 1.83. The van der Waals surface area contributed by atoms with E-state index in [0.29, 0.717) is 0 Å². The first-order valence-corrected chi connectivity index (χ1v) is 9.31. The van der Waals surface area contributed by atoms with E-state index in [1.807, 2.05) is 13.1 Å². The van der Waals surface area contributed by atoms with Crippen LogP contribution in [0.3, 0.4) is 0 Å². The van der Waals surface area contributed by atoms with Gasteiger partial charge >= 0.3 is 0 Å². The molecule has 6 heteroatoms. The highest BCUT2D eigenvalue weighted by molar-refractivity contribution is 8.00. The van der Waals surface area contributed by atoms with E-state index in [-0.39, 0.29) is 0 Å². The van der Waals surface area contributed by atoms with Crippen molar-refractivity contribution in [2.75, 3.05) is 25.9 Å². The van der Waals surface area contributed by atoms with Crippen molar-refractivity contribution in [3.63, 3.8) is 0 Å². The topological polar surface area (TPSA) is 54.2 Å². The molecular formula is C17H25N5S. The average Bonchev–Trinajstić information content (AvgIpc) is 3.18. The van der Waals surface area contributed by atoms with Crippen molar-refractivity contribution in [2.45, 2.75) is 31.6 Å². The minimum absolute atomic E-state index is 0.730. The second-order valence-corrected chi connectivity index (χ2v) is 7.22. The molecule has 23 heavy (non-hydrogen) atoms. The van der Waals surface area contributed by atoms with E-state index < -0.39 is 0 Å². The van der Waals surface area contributed by atoms with Gasteiger partial charge in [-0.2, -0.15) is 11.8 Å². The summed E-state index contributed by atoms with van der Waals surface area (Å²) >= 11 is 2.06. The summed E-state index contributed by atoms with van der Waals surface area (Å²) in [6, 6.07) is 8.28. The number of fused-ring (bicyclic) bond motifs is 1. The van der Waals surface area contributed by atoms with Crippen LogP contribution in [-0.4, -0.2) is 46.7 Å². The Bertz CT molecular complexity index is 673. The summed E-state index contributed by atoms with van der Waals surface area (Å²) in [4.78, 5) is 8.92. The Hall–Kier alpha value is -1.69. The number of nitrogens with zero attached hydrogens (tertiary/aromatic N) is 3. The Balaban J connectivity index is 1.52. The normalized spacial score (nSPS) is 18.5. The molecule has 5 nitrogen and oxygen atoms in total. The number of guanidine groups is 1. The zero-order valence-electron chi connectivity index (χ0n) is 13.9. The van der Waals surface area contributed by atoms with Crippen LogP contribution in [0.4, 0.5) is 0 Å². The fraction of sp³-hybridized carbons (Fsp3) is 0.529. The van der Waals surface area contributed by atoms with E-state index >= 15 is 0 Å². The van der Waals surface area contributed by atoms with E-state index in [0.717, 1.165) is 42.2 Å². The molecule has 2 heterocycles. The Morgan fingerprint density at radius 1 is 1.39 bits per heavy atom. The van der Waals surface area contributed by atoms with Gasteiger partial charge in [-0.1, -0.05) is 12.1 Å². The molecule has 0 spiro atoms. The first-order chi connectivity index (χ1) is 11.3. The number of aryl methyl sites for hydroxylation is 1.